The minimum Gasteiger partial charge on any atom is -0.206 e. The van der Waals surface area contributed by atoms with Crippen LogP contribution in [0, 0.1) is 0 Å². The lowest BCUT2D eigenvalue weighted by molar-refractivity contribution is 0.612. The molecular weight excluding hydrogens is 228 g/mol. The number of benzene rings is 1. The Hall–Kier alpha value is -0.580. The van der Waals surface area contributed by atoms with Crippen molar-refractivity contribution in [2.45, 2.75) is 4.21 Å². The lowest BCUT2D eigenvalue weighted by Gasteiger charge is -1.91. The van der Waals surface area contributed by atoms with Gasteiger partial charge in [-0.15, -0.1) is 11.3 Å². The molecule has 1 aromatic heterocycles. The molecule has 5 heteroatoms. The van der Waals surface area contributed by atoms with Crippen molar-refractivity contribution in [3.8, 4) is 0 Å². The molecule has 2 aromatic rings. The number of halogens is 1. The number of hydrogen-bond donors (Lipinski definition) is 0. The zero-order valence-electron chi connectivity index (χ0n) is 6.40. The van der Waals surface area contributed by atoms with Crippen LogP contribution < -0.4 is 0 Å². The molecule has 68 valence electrons. The minimum absolute atomic E-state index is 0.227. The third-order valence-electron chi connectivity index (χ3n) is 1.70. The van der Waals surface area contributed by atoms with Crippen LogP contribution in [0.25, 0.3) is 10.8 Å². The van der Waals surface area contributed by atoms with E-state index in [1.54, 1.807) is 17.5 Å². The molecule has 0 aliphatic carbocycles. The van der Waals surface area contributed by atoms with E-state index >= 15 is 0 Å². The van der Waals surface area contributed by atoms with Crippen molar-refractivity contribution < 1.29 is 8.42 Å². The Morgan fingerprint density at radius 3 is 2.62 bits per heavy atom. The van der Waals surface area contributed by atoms with E-state index in [2.05, 4.69) is 0 Å². The van der Waals surface area contributed by atoms with Crippen LogP contribution in [0.2, 0.25) is 0 Å². The molecule has 0 radical (unpaired) electrons. The van der Waals surface area contributed by atoms with Gasteiger partial charge >= 0.3 is 0 Å². The lowest BCUT2D eigenvalue weighted by atomic mass is 10.2. The second-order valence-corrected chi connectivity index (χ2v) is 6.19. The third kappa shape index (κ3) is 1.57. The lowest BCUT2D eigenvalue weighted by Crippen LogP contribution is -1.85. The molecule has 0 unspecified atom stereocenters. The summed E-state index contributed by atoms with van der Waals surface area (Å²) < 4.78 is 22.4. The van der Waals surface area contributed by atoms with E-state index in [1.807, 2.05) is 12.1 Å². The maximum absolute atomic E-state index is 11.1. The SMILES string of the molecule is O=S(=O)(Cl)c1scc2ccccc12. The summed E-state index contributed by atoms with van der Waals surface area (Å²) in [5.41, 5.74) is 0. The summed E-state index contributed by atoms with van der Waals surface area (Å²) >= 11 is 1.15. The predicted molar refractivity (Wildman–Crippen MR) is 54.9 cm³/mol. The zero-order chi connectivity index (χ0) is 9.47. The number of thiophene rings is 1. The number of rotatable bonds is 1. The molecular formula is C8H5ClO2S2. The topological polar surface area (TPSA) is 34.1 Å². The third-order valence-corrected chi connectivity index (χ3v) is 4.85. The monoisotopic (exact) mass is 232 g/mol. The van der Waals surface area contributed by atoms with E-state index < -0.39 is 9.05 Å². The van der Waals surface area contributed by atoms with Gasteiger partial charge in [-0.3, -0.25) is 0 Å². The highest BCUT2D eigenvalue weighted by atomic mass is 35.7. The normalized spacial score (nSPS) is 12.1. The van der Waals surface area contributed by atoms with Crippen LogP contribution in [0.4, 0.5) is 0 Å². The second-order valence-electron chi connectivity index (χ2n) is 2.55. The molecule has 0 spiro atoms. The van der Waals surface area contributed by atoms with Gasteiger partial charge in [-0.2, -0.15) is 0 Å². The fourth-order valence-corrected chi connectivity index (χ4v) is 3.54. The van der Waals surface area contributed by atoms with Crippen molar-refractivity contribution in [3.05, 3.63) is 29.6 Å². The largest absolute Gasteiger partial charge is 0.271 e. The maximum atomic E-state index is 11.1. The zero-order valence-corrected chi connectivity index (χ0v) is 8.79. The highest BCUT2D eigenvalue weighted by Crippen LogP contribution is 2.31. The number of hydrogen-bond acceptors (Lipinski definition) is 3. The van der Waals surface area contributed by atoms with Gasteiger partial charge in [0.25, 0.3) is 9.05 Å². The Balaban J connectivity index is 2.87. The minimum atomic E-state index is -3.60. The van der Waals surface area contributed by atoms with E-state index in [0.717, 1.165) is 16.7 Å². The van der Waals surface area contributed by atoms with E-state index in [-0.39, 0.29) is 4.21 Å². The highest BCUT2D eigenvalue weighted by Gasteiger charge is 2.15. The number of fused-ring (bicyclic) bond motifs is 1. The van der Waals surface area contributed by atoms with Gasteiger partial charge < -0.3 is 0 Å². The molecule has 0 N–H and O–H groups in total. The van der Waals surface area contributed by atoms with Crippen LogP contribution in [-0.4, -0.2) is 8.42 Å². The van der Waals surface area contributed by atoms with E-state index in [9.17, 15) is 8.42 Å². The summed E-state index contributed by atoms with van der Waals surface area (Å²) in [6, 6.07) is 7.26. The van der Waals surface area contributed by atoms with Crippen molar-refractivity contribution in [1.82, 2.24) is 0 Å². The van der Waals surface area contributed by atoms with Crippen molar-refractivity contribution in [2.24, 2.45) is 0 Å². The average molecular weight is 233 g/mol. The smallest absolute Gasteiger partial charge is 0.206 e. The van der Waals surface area contributed by atoms with Gasteiger partial charge in [-0.1, -0.05) is 24.3 Å². The molecule has 2 rings (SSSR count). The van der Waals surface area contributed by atoms with Crippen molar-refractivity contribution in [1.29, 1.82) is 0 Å². The van der Waals surface area contributed by atoms with Crippen LogP contribution in [0.5, 0.6) is 0 Å². The molecule has 0 fully saturated rings. The van der Waals surface area contributed by atoms with Crippen LogP contribution >= 0.6 is 22.0 Å². The molecule has 0 aliphatic rings. The molecule has 0 aliphatic heterocycles. The quantitative estimate of drug-likeness (QED) is 0.709. The first kappa shape index (κ1) is 8.99. The first-order chi connectivity index (χ1) is 6.09. The molecule has 13 heavy (non-hydrogen) atoms. The summed E-state index contributed by atoms with van der Waals surface area (Å²) in [5.74, 6) is 0. The highest BCUT2D eigenvalue weighted by molar-refractivity contribution is 8.15. The Labute approximate surface area is 84.2 Å². The van der Waals surface area contributed by atoms with Crippen LogP contribution in [0.3, 0.4) is 0 Å². The molecule has 2 nitrogen and oxygen atoms in total. The maximum Gasteiger partial charge on any atom is 0.271 e. The summed E-state index contributed by atoms with van der Waals surface area (Å²) in [7, 11) is 1.67. The van der Waals surface area contributed by atoms with Crippen LogP contribution in [-0.2, 0) is 9.05 Å². The second kappa shape index (κ2) is 2.97. The van der Waals surface area contributed by atoms with Gasteiger partial charge in [0.2, 0.25) is 0 Å². The Bertz CT molecular complexity index is 542. The van der Waals surface area contributed by atoms with Gasteiger partial charge in [0.1, 0.15) is 4.21 Å². The van der Waals surface area contributed by atoms with Crippen molar-refractivity contribution in [2.75, 3.05) is 0 Å². The Morgan fingerprint density at radius 2 is 1.92 bits per heavy atom. The van der Waals surface area contributed by atoms with E-state index in [4.69, 9.17) is 10.7 Å². The molecule has 1 heterocycles. The van der Waals surface area contributed by atoms with Crippen LogP contribution in [0.15, 0.2) is 33.9 Å². The Kier molecular flexibility index (Phi) is 2.06. The first-order valence-electron chi connectivity index (χ1n) is 3.50. The molecule has 1 aromatic carbocycles. The molecule has 0 saturated carbocycles. The average Bonchev–Trinajstić information content (AvgIpc) is 2.45. The molecule has 0 amide bonds. The van der Waals surface area contributed by atoms with Crippen LogP contribution in [0.1, 0.15) is 0 Å². The van der Waals surface area contributed by atoms with Gasteiger partial charge in [0.15, 0.2) is 0 Å². The van der Waals surface area contributed by atoms with Crippen molar-refractivity contribution >= 4 is 41.8 Å². The van der Waals surface area contributed by atoms with E-state index in [1.165, 1.54) is 0 Å². The molecule has 0 bridgehead atoms. The Morgan fingerprint density at radius 1 is 1.23 bits per heavy atom. The van der Waals surface area contributed by atoms with Crippen molar-refractivity contribution in [3.63, 3.8) is 0 Å². The molecule has 0 saturated heterocycles. The summed E-state index contributed by atoms with van der Waals surface area (Å²) in [5, 5.41) is 3.39. The standard InChI is InChI=1S/C8H5ClO2S2/c9-13(10,11)8-7-4-2-1-3-6(7)5-12-8/h1-5H. The molecule has 0 atom stereocenters. The summed E-state index contributed by atoms with van der Waals surface area (Å²) in [4.78, 5) is 0. The summed E-state index contributed by atoms with van der Waals surface area (Å²) in [6.07, 6.45) is 0. The fourth-order valence-electron chi connectivity index (χ4n) is 1.15. The first-order valence-corrected chi connectivity index (χ1v) is 6.69. The van der Waals surface area contributed by atoms with Gasteiger partial charge in [0.05, 0.1) is 0 Å². The predicted octanol–water partition coefficient (Wildman–Crippen LogP) is 2.83. The van der Waals surface area contributed by atoms with Gasteiger partial charge in [-0.25, -0.2) is 8.42 Å². The van der Waals surface area contributed by atoms with Gasteiger partial charge in [-0.05, 0) is 10.8 Å². The fraction of sp³-hybridized carbons (Fsp3) is 0. The summed E-state index contributed by atoms with van der Waals surface area (Å²) in [6.45, 7) is 0. The van der Waals surface area contributed by atoms with E-state index in [0.29, 0.717) is 5.39 Å². The van der Waals surface area contributed by atoms with Gasteiger partial charge in [0, 0.05) is 16.1 Å².